The van der Waals surface area contributed by atoms with E-state index in [1.807, 2.05) is 0 Å². The van der Waals surface area contributed by atoms with Crippen LogP contribution in [0.3, 0.4) is 0 Å². The van der Waals surface area contributed by atoms with Crippen molar-refractivity contribution >= 4 is 5.97 Å². The lowest BCUT2D eigenvalue weighted by atomic mass is 9.32. The summed E-state index contributed by atoms with van der Waals surface area (Å²) in [6.07, 6.45) is 18.5. The number of hydrogen-bond acceptors (Lipinski definition) is 3. The van der Waals surface area contributed by atoms with Crippen molar-refractivity contribution in [3.63, 3.8) is 0 Å². The number of hydrogen-bond donors (Lipinski definition) is 1. The molecule has 10 atom stereocenters. The van der Waals surface area contributed by atoms with Gasteiger partial charge in [0.2, 0.25) is 0 Å². The van der Waals surface area contributed by atoms with E-state index in [0.29, 0.717) is 36.2 Å². The molecule has 0 aromatic rings. The Kier molecular flexibility index (Phi) is 8.68. The molecule has 41 heavy (non-hydrogen) atoms. The monoisotopic (exact) mass is 568 g/mol. The molecule has 0 saturated heterocycles. The van der Waals surface area contributed by atoms with Gasteiger partial charge in [0.25, 0.3) is 0 Å². The molecular formula is C38H64O3. The molecular weight excluding hydrogens is 504 g/mol. The Balaban J connectivity index is 1.39. The van der Waals surface area contributed by atoms with Crippen LogP contribution in [0.2, 0.25) is 0 Å². The second-order valence-electron chi connectivity index (χ2n) is 17.1. The maximum absolute atomic E-state index is 14.1. The van der Waals surface area contributed by atoms with Crippen molar-refractivity contribution in [2.75, 3.05) is 6.61 Å². The van der Waals surface area contributed by atoms with Gasteiger partial charge in [-0.2, -0.15) is 0 Å². The lowest BCUT2D eigenvalue weighted by Gasteiger charge is -2.72. The van der Waals surface area contributed by atoms with Gasteiger partial charge in [-0.15, -0.1) is 0 Å². The Bertz CT molecular complexity index is 984. The third kappa shape index (κ3) is 4.71. The van der Waals surface area contributed by atoms with Crippen LogP contribution in [0.5, 0.6) is 0 Å². The van der Waals surface area contributed by atoms with Crippen LogP contribution >= 0.6 is 0 Å². The zero-order valence-corrected chi connectivity index (χ0v) is 28.0. The first-order chi connectivity index (χ1) is 19.3. The summed E-state index contributed by atoms with van der Waals surface area (Å²) in [5.74, 6) is 2.80. The predicted octanol–water partition coefficient (Wildman–Crippen LogP) is 9.91. The van der Waals surface area contributed by atoms with Gasteiger partial charge in [-0.05, 0) is 129 Å². The number of carbonyl (C=O) groups excluding carboxylic acids is 1. The van der Waals surface area contributed by atoms with E-state index in [-0.39, 0.29) is 39.1 Å². The van der Waals surface area contributed by atoms with Gasteiger partial charge in [0, 0.05) is 0 Å². The van der Waals surface area contributed by atoms with E-state index in [4.69, 9.17) is 4.74 Å². The number of ether oxygens (including phenoxy) is 1. The molecule has 0 unspecified atom stereocenters. The van der Waals surface area contributed by atoms with Crippen LogP contribution in [0.1, 0.15) is 151 Å². The van der Waals surface area contributed by atoms with E-state index >= 15 is 0 Å². The average Bonchev–Trinajstić information content (AvgIpc) is 3.32. The smallest absolute Gasteiger partial charge is 0.312 e. The van der Waals surface area contributed by atoms with E-state index in [2.05, 4.69) is 55.0 Å². The van der Waals surface area contributed by atoms with E-state index < -0.39 is 0 Å². The molecule has 0 radical (unpaired) electrons. The van der Waals surface area contributed by atoms with Crippen molar-refractivity contribution in [3.05, 3.63) is 12.2 Å². The molecule has 0 aliphatic heterocycles. The first-order valence-electron chi connectivity index (χ1n) is 17.8. The number of esters is 1. The minimum absolute atomic E-state index is 0.00986. The quantitative estimate of drug-likeness (QED) is 0.171. The van der Waals surface area contributed by atoms with E-state index in [9.17, 15) is 9.90 Å². The topological polar surface area (TPSA) is 46.5 Å². The second-order valence-corrected chi connectivity index (χ2v) is 17.1. The summed E-state index contributed by atoms with van der Waals surface area (Å²) in [4.78, 5) is 14.1. The predicted molar refractivity (Wildman–Crippen MR) is 169 cm³/mol. The van der Waals surface area contributed by atoms with E-state index in [1.165, 1.54) is 63.4 Å². The van der Waals surface area contributed by atoms with Gasteiger partial charge < -0.3 is 9.84 Å². The molecule has 5 aliphatic rings. The highest BCUT2D eigenvalue weighted by Gasteiger charge is 2.72. The lowest BCUT2D eigenvalue weighted by Crippen LogP contribution is -2.67. The van der Waals surface area contributed by atoms with Crippen molar-refractivity contribution in [2.45, 2.75) is 157 Å². The summed E-state index contributed by atoms with van der Waals surface area (Å²) in [5, 5.41) is 11.0. The molecule has 5 fully saturated rings. The molecule has 3 heteroatoms. The molecule has 5 rings (SSSR count). The fraction of sp³-hybridized carbons (Fsp3) is 0.921. The van der Waals surface area contributed by atoms with Crippen LogP contribution in [0, 0.1) is 56.7 Å². The molecule has 0 spiro atoms. The lowest BCUT2D eigenvalue weighted by molar-refractivity contribution is -0.248. The highest BCUT2D eigenvalue weighted by molar-refractivity contribution is 5.78. The van der Waals surface area contributed by atoms with Gasteiger partial charge in [0.15, 0.2) is 0 Å². The molecule has 0 amide bonds. The molecule has 0 aromatic heterocycles. The number of aliphatic hydroxyl groups excluding tert-OH is 1. The summed E-state index contributed by atoms with van der Waals surface area (Å²) in [6.45, 7) is 22.2. The largest absolute Gasteiger partial charge is 0.465 e. The first kappa shape index (κ1) is 31.6. The molecule has 234 valence electrons. The Morgan fingerprint density at radius 2 is 1.51 bits per heavy atom. The summed E-state index contributed by atoms with van der Waals surface area (Å²) < 4.78 is 6.19. The van der Waals surface area contributed by atoms with Crippen molar-refractivity contribution in [2.24, 2.45) is 56.7 Å². The summed E-state index contributed by atoms with van der Waals surface area (Å²) >= 11 is 0. The Morgan fingerprint density at radius 3 is 2.22 bits per heavy atom. The summed E-state index contributed by atoms with van der Waals surface area (Å²) in [5.41, 5.74) is 1.77. The molecule has 0 heterocycles. The maximum Gasteiger partial charge on any atom is 0.312 e. The SMILES string of the molecule is C=C(C)[C@@H]1CC[C@]2(C(=O)OCCCCCCCC)CC[C@]3(C)[C@H](CC[C@@H]4[C@@]5(C)CC[C@H](O)C(C)(C)[C@@H]5CC[C@]43C)[C@@H]12. The number of aliphatic hydroxyl groups is 1. The first-order valence-corrected chi connectivity index (χ1v) is 17.8. The molecule has 0 aromatic carbocycles. The average molecular weight is 569 g/mol. The zero-order chi connectivity index (χ0) is 29.8. The summed E-state index contributed by atoms with van der Waals surface area (Å²) in [7, 11) is 0. The number of fused-ring (bicyclic) bond motifs is 7. The number of allylic oxidation sites excluding steroid dienone is 1. The fourth-order valence-electron chi connectivity index (χ4n) is 12.7. The summed E-state index contributed by atoms with van der Waals surface area (Å²) in [6, 6.07) is 0. The van der Waals surface area contributed by atoms with Gasteiger partial charge in [-0.1, -0.05) is 85.8 Å². The number of carbonyl (C=O) groups is 1. The minimum atomic E-state index is -0.308. The highest BCUT2D eigenvalue weighted by Crippen LogP contribution is 2.77. The standard InChI is InChI=1S/C38H64O3/c1-9-10-11-12-13-14-25-41-33(40)38-22-17-27(26(2)3)32(38)28-15-16-30-35(6)20-19-31(39)34(4,5)29(35)18-21-37(30,8)36(28,7)23-24-38/h27-32,39H,2,9-25H2,1,3-8H3/t27-,28+,29-,30+,31-,32+,35-,36+,37+,38-/m0/s1. The van der Waals surface area contributed by atoms with Gasteiger partial charge >= 0.3 is 5.97 Å². The van der Waals surface area contributed by atoms with E-state index in [0.717, 1.165) is 44.9 Å². The van der Waals surface area contributed by atoms with Crippen LogP contribution < -0.4 is 0 Å². The van der Waals surface area contributed by atoms with Crippen LogP contribution in [-0.2, 0) is 9.53 Å². The zero-order valence-electron chi connectivity index (χ0n) is 28.0. The van der Waals surface area contributed by atoms with Crippen molar-refractivity contribution in [1.82, 2.24) is 0 Å². The van der Waals surface area contributed by atoms with Gasteiger partial charge in [-0.25, -0.2) is 0 Å². The molecule has 1 N–H and O–H groups in total. The Labute approximate surface area is 253 Å². The van der Waals surface area contributed by atoms with E-state index in [1.54, 1.807) is 0 Å². The van der Waals surface area contributed by atoms with Gasteiger partial charge in [-0.3, -0.25) is 4.79 Å². The van der Waals surface area contributed by atoms with Crippen LogP contribution in [0.25, 0.3) is 0 Å². The minimum Gasteiger partial charge on any atom is -0.465 e. The molecule has 0 bridgehead atoms. The molecule has 5 aliphatic carbocycles. The van der Waals surface area contributed by atoms with Gasteiger partial charge in [0.05, 0.1) is 18.1 Å². The number of unbranched alkanes of at least 4 members (excludes halogenated alkanes) is 5. The second kappa shape index (κ2) is 11.3. The third-order valence-corrected chi connectivity index (χ3v) is 15.2. The van der Waals surface area contributed by atoms with Gasteiger partial charge in [0.1, 0.15) is 0 Å². The fourth-order valence-corrected chi connectivity index (χ4v) is 12.7. The Morgan fingerprint density at radius 1 is 0.805 bits per heavy atom. The van der Waals surface area contributed by atoms with Crippen molar-refractivity contribution < 1.29 is 14.6 Å². The van der Waals surface area contributed by atoms with Crippen LogP contribution in [0.4, 0.5) is 0 Å². The molecule has 5 saturated carbocycles. The number of rotatable bonds is 9. The maximum atomic E-state index is 14.1. The highest BCUT2D eigenvalue weighted by atomic mass is 16.5. The van der Waals surface area contributed by atoms with Crippen LogP contribution in [0.15, 0.2) is 12.2 Å². The third-order valence-electron chi connectivity index (χ3n) is 15.2. The normalized spacial score (nSPS) is 46.5. The Hall–Kier alpha value is -0.830. The van der Waals surface area contributed by atoms with Crippen LogP contribution in [-0.4, -0.2) is 23.8 Å². The van der Waals surface area contributed by atoms with Crippen molar-refractivity contribution in [1.29, 1.82) is 0 Å². The molecule has 3 nitrogen and oxygen atoms in total. The van der Waals surface area contributed by atoms with Crippen molar-refractivity contribution in [3.8, 4) is 0 Å².